The molecule has 0 spiro atoms. The van der Waals surface area contributed by atoms with Gasteiger partial charge in [0.1, 0.15) is 10.9 Å². The van der Waals surface area contributed by atoms with E-state index >= 15 is 0 Å². The fourth-order valence-corrected chi connectivity index (χ4v) is 3.14. The molecule has 0 radical (unpaired) electrons. The van der Waals surface area contributed by atoms with E-state index in [1.165, 1.54) is 6.08 Å². The summed E-state index contributed by atoms with van der Waals surface area (Å²) in [6, 6.07) is 7.77. The molecule has 3 aliphatic heterocycles. The summed E-state index contributed by atoms with van der Waals surface area (Å²) in [4.78, 5) is 1.84. The van der Waals surface area contributed by atoms with Crippen LogP contribution < -0.4 is 4.90 Å². The van der Waals surface area contributed by atoms with Crippen molar-refractivity contribution in [2.75, 3.05) is 11.5 Å². The molecule has 1 unspecified atom stereocenters. The molecule has 3 heterocycles. The Labute approximate surface area is 125 Å². The number of hydrogen-bond donors (Lipinski definition) is 1. The first-order chi connectivity index (χ1) is 10.2. The summed E-state index contributed by atoms with van der Waals surface area (Å²) in [6.07, 6.45) is 3.08. The third-order valence-corrected chi connectivity index (χ3v) is 4.14. The summed E-state index contributed by atoms with van der Waals surface area (Å²) in [5.41, 5.74) is 3.06. The molecule has 6 heteroatoms. The van der Waals surface area contributed by atoms with Gasteiger partial charge < -0.3 is 14.7 Å². The highest BCUT2D eigenvalue weighted by molar-refractivity contribution is 6.29. The van der Waals surface area contributed by atoms with Crippen LogP contribution in [0.15, 0.2) is 58.7 Å². The molecule has 1 atom stereocenters. The van der Waals surface area contributed by atoms with Gasteiger partial charge in [-0.2, -0.15) is 5.12 Å². The van der Waals surface area contributed by atoms with Gasteiger partial charge in [-0.25, -0.2) is 0 Å². The van der Waals surface area contributed by atoms with E-state index in [0.29, 0.717) is 23.0 Å². The summed E-state index contributed by atoms with van der Waals surface area (Å²) < 4.78 is 20.1. The number of aliphatic hydroxyl groups is 1. The number of anilines is 1. The van der Waals surface area contributed by atoms with E-state index in [-0.39, 0.29) is 11.8 Å². The van der Waals surface area contributed by atoms with Gasteiger partial charge in [0.2, 0.25) is 0 Å². The van der Waals surface area contributed by atoms with Crippen molar-refractivity contribution in [1.82, 2.24) is 5.12 Å². The zero-order valence-corrected chi connectivity index (χ0v) is 11.7. The smallest absolute Gasteiger partial charge is 0.199 e. The topological polar surface area (TPSA) is 35.9 Å². The Morgan fingerprint density at radius 2 is 2.14 bits per heavy atom. The first-order valence-electron chi connectivity index (χ1n) is 6.62. The first kappa shape index (κ1) is 12.7. The molecule has 1 N–H and O–H groups in total. The zero-order chi connectivity index (χ0) is 14.6. The number of hydrogen-bond acceptors (Lipinski definition) is 4. The van der Waals surface area contributed by atoms with Gasteiger partial charge in [-0.05, 0) is 23.8 Å². The molecule has 0 saturated heterocycles. The standard InChI is InChI=1S/C15H12ClFN2O2/c16-13-6-5-12-15(19(13)17)11-7-9-3-1-2-4-10(9)18(11)14(8-20)21-12/h1-6,14,20H,7-8H2. The summed E-state index contributed by atoms with van der Waals surface area (Å²) in [6.45, 7) is -0.188. The minimum atomic E-state index is -0.558. The molecule has 1 aromatic carbocycles. The van der Waals surface area contributed by atoms with Crippen LogP contribution in [-0.4, -0.2) is 23.1 Å². The van der Waals surface area contributed by atoms with E-state index in [1.807, 2.05) is 29.2 Å². The molecule has 0 fully saturated rings. The number of para-hydroxylation sites is 1. The molecular weight excluding hydrogens is 295 g/mol. The molecule has 1 aromatic rings. The Morgan fingerprint density at radius 1 is 1.33 bits per heavy atom. The number of nitrogens with zero attached hydrogens (tertiary/aromatic N) is 2. The van der Waals surface area contributed by atoms with Crippen LogP contribution in [0.25, 0.3) is 0 Å². The van der Waals surface area contributed by atoms with Gasteiger partial charge in [0.05, 0.1) is 12.3 Å². The molecule has 4 nitrogen and oxygen atoms in total. The number of rotatable bonds is 1. The van der Waals surface area contributed by atoms with Crippen molar-refractivity contribution in [3.63, 3.8) is 0 Å². The summed E-state index contributed by atoms with van der Waals surface area (Å²) >= 11 is 5.87. The highest BCUT2D eigenvalue weighted by Gasteiger charge is 2.41. The monoisotopic (exact) mass is 306 g/mol. The minimum absolute atomic E-state index is 0.0109. The quantitative estimate of drug-likeness (QED) is 0.639. The van der Waals surface area contributed by atoms with Crippen LogP contribution in [-0.2, 0) is 11.2 Å². The number of allylic oxidation sites excluding steroid dienone is 3. The van der Waals surface area contributed by atoms with Crippen molar-refractivity contribution < 1.29 is 14.3 Å². The first-order valence-corrected chi connectivity index (χ1v) is 7.00. The predicted molar refractivity (Wildman–Crippen MR) is 76.6 cm³/mol. The molecule has 4 rings (SSSR count). The van der Waals surface area contributed by atoms with Crippen LogP contribution >= 0.6 is 11.6 Å². The highest BCUT2D eigenvalue weighted by Crippen LogP contribution is 2.45. The molecule has 0 saturated carbocycles. The van der Waals surface area contributed by atoms with Gasteiger partial charge >= 0.3 is 0 Å². The van der Waals surface area contributed by atoms with Crippen molar-refractivity contribution >= 4 is 17.3 Å². The van der Waals surface area contributed by atoms with Gasteiger partial charge in [0, 0.05) is 12.1 Å². The molecular formula is C15H12ClFN2O2. The average Bonchev–Trinajstić information content (AvgIpc) is 2.89. The number of benzene rings is 1. The average molecular weight is 307 g/mol. The van der Waals surface area contributed by atoms with Crippen molar-refractivity contribution in [3.8, 4) is 0 Å². The number of aliphatic hydroxyl groups excluding tert-OH is 1. The van der Waals surface area contributed by atoms with Crippen LogP contribution in [0.4, 0.5) is 10.2 Å². The van der Waals surface area contributed by atoms with Gasteiger partial charge in [0.25, 0.3) is 0 Å². The van der Waals surface area contributed by atoms with Gasteiger partial charge in [-0.15, -0.1) is 0 Å². The lowest BCUT2D eigenvalue weighted by atomic mass is 10.1. The van der Waals surface area contributed by atoms with E-state index in [0.717, 1.165) is 16.9 Å². The zero-order valence-electron chi connectivity index (χ0n) is 11.0. The second-order valence-electron chi connectivity index (χ2n) is 5.03. The van der Waals surface area contributed by atoms with Crippen LogP contribution in [0.1, 0.15) is 5.56 Å². The molecule has 0 aliphatic carbocycles. The van der Waals surface area contributed by atoms with E-state index in [4.69, 9.17) is 16.3 Å². The Morgan fingerprint density at radius 3 is 2.95 bits per heavy atom. The molecule has 0 aromatic heterocycles. The molecule has 0 amide bonds. The maximum absolute atomic E-state index is 14.4. The van der Waals surface area contributed by atoms with Crippen molar-refractivity contribution in [2.45, 2.75) is 12.6 Å². The van der Waals surface area contributed by atoms with Gasteiger partial charge in [-0.1, -0.05) is 34.3 Å². The maximum atomic E-state index is 14.4. The van der Waals surface area contributed by atoms with Gasteiger partial charge in [-0.3, -0.25) is 0 Å². The molecule has 3 aliphatic rings. The molecule has 0 bridgehead atoms. The lowest BCUT2D eigenvalue weighted by molar-refractivity contribution is 0.0301. The normalized spacial score (nSPS) is 23.1. The van der Waals surface area contributed by atoms with Crippen LogP contribution in [0.3, 0.4) is 0 Å². The van der Waals surface area contributed by atoms with Crippen LogP contribution in [0, 0.1) is 0 Å². The Balaban J connectivity index is 1.92. The van der Waals surface area contributed by atoms with Gasteiger partial charge in [0.15, 0.2) is 12.0 Å². The molecule has 21 heavy (non-hydrogen) atoms. The largest absolute Gasteiger partial charge is 0.465 e. The fourth-order valence-electron chi connectivity index (χ4n) is 2.99. The van der Waals surface area contributed by atoms with E-state index in [1.54, 1.807) is 6.08 Å². The SMILES string of the molecule is OCC1OC2=CC=C(Cl)N(F)C2=C2Cc3ccccc3N21. The van der Waals surface area contributed by atoms with E-state index in [2.05, 4.69) is 0 Å². The summed E-state index contributed by atoms with van der Waals surface area (Å²) in [5, 5.41) is 10.0. The lowest BCUT2D eigenvalue weighted by Crippen LogP contribution is -2.43. The number of halogens is 2. The second-order valence-corrected chi connectivity index (χ2v) is 5.41. The predicted octanol–water partition coefficient (Wildman–Crippen LogP) is 2.77. The Hall–Kier alpha value is -1.98. The van der Waals surface area contributed by atoms with Crippen LogP contribution in [0.2, 0.25) is 0 Å². The van der Waals surface area contributed by atoms with Crippen molar-refractivity contribution in [1.29, 1.82) is 0 Å². The third kappa shape index (κ3) is 1.71. The number of fused-ring (bicyclic) bond motifs is 4. The maximum Gasteiger partial charge on any atom is 0.199 e. The Kier molecular flexibility index (Phi) is 2.74. The Bertz CT molecular complexity index is 713. The van der Waals surface area contributed by atoms with Crippen LogP contribution in [0.5, 0.6) is 0 Å². The second kappa shape index (κ2) is 4.51. The fraction of sp³-hybridized carbons (Fsp3) is 0.200. The summed E-state index contributed by atoms with van der Waals surface area (Å²) in [5.74, 6) is 0.389. The van der Waals surface area contributed by atoms with E-state index < -0.39 is 6.23 Å². The van der Waals surface area contributed by atoms with Crippen molar-refractivity contribution in [3.05, 3.63) is 64.3 Å². The summed E-state index contributed by atoms with van der Waals surface area (Å²) in [7, 11) is 0. The lowest BCUT2D eigenvalue weighted by Gasteiger charge is -2.39. The van der Waals surface area contributed by atoms with Crippen molar-refractivity contribution in [2.24, 2.45) is 0 Å². The minimum Gasteiger partial charge on any atom is -0.465 e. The molecule has 108 valence electrons. The van der Waals surface area contributed by atoms with E-state index in [9.17, 15) is 9.59 Å². The number of ether oxygens (including phenoxy) is 1. The highest BCUT2D eigenvalue weighted by atomic mass is 35.5. The third-order valence-electron chi connectivity index (χ3n) is 3.87.